The highest BCUT2D eigenvalue weighted by Crippen LogP contribution is 2.42. The minimum Gasteiger partial charge on any atom is -0.497 e. The Morgan fingerprint density at radius 1 is 0.962 bits per heavy atom. The van der Waals surface area contributed by atoms with Crippen molar-refractivity contribution in [2.45, 2.75) is 31.1 Å². The molecule has 0 spiro atoms. The number of ether oxygens (including phenoxy) is 2. The van der Waals surface area contributed by atoms with E-state index in [2.05, 4.69) is 0 Å². The second-order valence-electron chi connectivity index (χ2n) is 6.37. The van der Waals surface area contributed by atoms with Crippen LogP contribution in [0.2, 0.25) is 0 Å². The molecule has 1 amide bonds. The molecule has 1 saturated carbocycles. The third-order valence-corrected chi connectivity index (χ3v) is 4.92. The van der Waals surface area contributed by atoms with Crippen LogP contribution < -0.4 is 15.0 Å². The summed E-state index contributed by atoms with van der Waals surface area (Å²) in [6, 6.07) is 13.6. The maximum atomic E-state index is 13.0. The summed E-state index contributed by atoms with van der Waals surface area (Å²) < 4.78 is 10.8. The fourth-order valence-corrected chi connectivity index (χ4v) is 3.44. The molecular formula is C20H21NO5. The lowest BCUT2D eigenvalue weighted by Crippen LogP contribution is -2.36. The van der Waals surface area contributed by atoms with Crippen LogP contribution >= 0.6 is 0 Å². The lowest BCUT2D eigenvalue weighted by molar-refractivity contribution is -0.140. The Kier molecular flexibility index (Phi) is 5.23. The molecule has 0 aliphatic heterocycles. The molecule has 3 rings (SSSR count). The van der Waals surface area contributed by atoms with Gasteiger partial charge >= 0.3 is 5.97 Å². The Morgan fingerprint density at radius 2 is 1.54 bits per heavy atom. The minimum absolute atomic E-state index is 0.276. The van der Waals surface area contributed by atoms with Gasteiger partial charge in [0.2, 0.25) is 0 Å². The number of carbonyl (C=O) groups excluding carboxylic acids is 2. The fourth-order valence-electron chi connectivity index (χ4n) is 3.44. The molecule has 6 nitrogen and oxygen atoms in total. The zero-order valence-corrected chi connectivity index (χ0v) is 14.5. The van der Waals surface area contributed by atoms with E-state index in [1.807, 2.05) is 24.3 Å². The summed E-state index contributed by atoms with van der Waals surface area (Å²) in [4.78, 5) is 24.4. The molecule has 1 fully saturated rings. The largest absolute Gasteiger partial charge is 0.497 e. The van der Waals surface area contributed by atoms with E-state index in [0.717, 1.165) is 37.0 Å². The van der Waals surface area contributed by atoms with Gasteiger partial charge in [-0.1, -0.05) is 25.0 Å². The van der Waals surface area contributed by atoms with Crippen LogP contribution in [-0.2, 0) is 10.2 Å². The summed E-state index contributed by atoms with van der Waals surface area (Å²) in [6.07, 6.45) is 3.42. The van der Waals surface area contributed by atoms with Gasteiger partial charge in [-0.3, -0.25) is 14.8 Å². The molecule has 1 aliphatic carbocycles. The van der Waals surface area contributed by atoms with Crippen LogP contribution in [0.15, 0.2) is 48.5 Å². The van der Waals surface area contributed by atoms with E-state index in [1.54, 1.807) is 24.7 Å². The first-order valence-corrected chi connectivity index (χ1v) is 8.50. The highest BCUT2D eigenvalue weighted by molar-refractivity contribution is 5.93. The summed E-state index contributed by atoms with van der Waals surface area (Å²) in [7, 11) is 1.61. The van der Waals surface area contributed by atoms with Gasteiger partial charge < -0.3 is 9.47 Å². The smallest absolute Gasteiger partial charge is 0.321 e. The number of hydrogen-bond donors (Lipinski definition) is 2. The van der Waals surface area contributed by atoms with E-state index in [-0.39, 0.29) is 11.5 Å². The standard InChI is InChI=1S/C20H21NO5/c1-25-16-10-6-15(7-11-16)20(12-2-3-13-20)19(23)26-17-8-4-14(5-9-17)18(22)21-24/h4-11,24H,2-3,12-13H2,1H3,(H,21,22). The van der Waals surface area contributed by atoms with Crippen LogP contribution in [0.5, 0.6) is 11.5 Å². The average Bonchev–Trinajstić information content (AvgIpc) is 3.19. The fraction of sp³-hybridized carbons (Fsp3) is 0.300. The summed E-state index contributed by atoms with van der Waals surface area (Å²) in [5.74, 6) is 0.199. The van der Waals surface area contributed by atoms with Gasteiger partial charge in [0.25, 0.3) is 5.91 Å². The molecule has 0 aromatic heterocycles. The molecule has 6 heteroatoms. The predicted molar refractivity (Wildman–Crippen MR) is 94.5 cm³/mol. The zero-order valence-electron chi connectivity index (χ0n) is 14.5. The third kappa shape index (κ3) is 3.41. The minimum atomic E-state index is -0.659. The van der Waals surface area contributed by atoms with Gasteiger partial charge in [0.1, 0.15) is 11.5 Å². The Hall–Kier alpha value is -2.86. The highest BCUT2D eigenvalue weighted by Gasteiger charge is 2.44. The first-order chi connectivity index (χ1) is 12.6. The molecule has 2 N–H and O–H groups in total. The number of esters is 1. The van der Waals surface area contributed by atoms with Crippen LogP contribution in [0.25, 0.3) is 0 Å². The van der Waals surface area contributed by atoms with Crippen molar-refractivity contribution >= 4 is 11.9 Å². The number of hydrogen-bond acceptors (Lipinski definition) is 5. The van der Waals surface area contributed by atoms with Crippen molar-refractivity contribution in [1.29, 1.82) is 0 Å². The summed E-state index contributed by atoms with van der Waals surface area (Å²) in [5.41, 5.74) is 2.11. The van der Waals surface area contributed by atoms with Crippen LogP contribution in [-0.4, -0.2) is 24.2 Å². The van der Waals surface area contributed by atoms with Crippen LogP contribution in [0.1, 0.15) is 41.6 Å². The molecule has 2 aromatic rings. The Labute approximate surface area is 151 Å². The lowest BCUT2D eigenvalue weighted by atomic mass is 9.79. The van der Waals surface area contributed by atoms with Crippen molar-refractivity contribution in [3.8, 4) is 11.5 Å². The molecule has 136 valence electrons. The molecular weight excluding hydrogens is 334 g/mol. The summed E-state index contributed by atoms with van der Waals surface area (Å²) >= 11 is 0. The number of methoxy groups -OCH3 is 1. The van der Waals surface area contributed by atoms with Gasteiger partial charge in [0.05, 0.1) is 12.5 Å². The number of amides is 1. The van der Waals surface area contributed by atoms with E-state index in [0.29, 0.717) is 5.75 Å². The first kappa shape index (κ1) is 17.9. The number of hydroxylamine groups is 1. The van der Waals surface area contributed by atoms with E-state index < -0.39 is 11.3 Å². The first-order valence-electron chi connectivity index (χ1n) is 8.50. The number of nitrogens with one attached hydrogen (secondary N) is 1. The van der Waals surface area contributed by atoms with Crippen molar-refractivity contribution in [3.05, 3.63) is 59.7 Å². The van der Waals surface area contributed by atoms with E-state index in [1.165, 1.54) is 12.1 Å². The topological polar surface area (TPSA) is 84.9 Å². The molecule has 0 saturated heterocycles. The molecule has 0 unspecified atom stereocenters. The summed E-state index contributed by atoms with van der Waals surface area (Å²) in [5, 5.41) is 8.65. The molecule has 0 radical (unpaired) electrons. The van der Waals surface area contributed by atoms with E-state index >= 15 is 0 Å². The average molecular weight is 355 g/mol. The molecule has 0 heterocycles. The molecule has 0 bridgehead atoms. The quantitative estimate of drug-likeness (QED) is 0.372. The molecule has 1 aliphatic rings. The van der Waals surface area contributed by atoms with Crippen molar-refractivity contribution < 1.29 is 24.3 Å². The molecule has 2 aromatic carbocycles. The number of rotatable bonds is 5. The number of benzene rings is 2. The van der Waals surface area contributed by atoms with Gasteiger partial charge in [-0.25, -0.2) is 5.48 Å². The van der Waals surface area contributed by atoms with Gasteiger partial charge in [-0.05, 0) is 54.8 Å². The van der Waals surface area contributed by atoms with Crippen molar-refractivity contribution in [1.82, 2.24) is 5.48 Å². The zero-order chi connectivity index (χ0) is 18.6. The SMILES string of the molecule is COc1ccc(C2(C(=O)Oc3ccc(C(=O)NO)cc3)CCCC2)cc1. The van der Waals surface area contributed by atoms with Crippen LogP contribution in [0.3, 0.4) is 0 Å². The van der Waals surface area contributed by atoms with Crippen LogP contribution in [0.4, 0.5) is 0 Å². The van der Waals surface area contributed by atoms with E-state index in [4.69, 9.17) is 14.7 Å². The van der Waals surface area contributed by atoms with Crippen molar-refractivity contribution in [3.63, 3.8) is 0 Å². The van der Waals surface area contributed by atoms with Crippen molar-refractivity contribution in [2.24, 2.45) is 0 Å². The Balaban J connectivity index is 1.81. The molecule has 0 atom stereocenters. The second-order valence-corrected chi connectivity index (χ2v) is 6.37. The highest BCUT2D eigenvalue weighted by atomic mass is 16.5. The van der Waals surface area contributed by atoms with E-state index in [9.17, 15) is 9.59 Å². The summed E-state index contributed by atoms with van der Waals surface area (Å²) in [6.45, 7) is 0. The third-order valence-electron chi connectivity index (χ3n) is 4.92. The Bertz CT molecular complexity index is 777. The normalized spacial score (nSPS) is 15.3. The lowest BCUT2D eigenvalue weighted by Gasteiger charge is -2.27. The predicted octanol–water partition coefficient (Wildman–Crippen LogP) is 3.23. The van der Waals surface area contributed by atoms with Crippen LogP contribution in [0, 0.1) is 0 Å². The monoisotopic (exact) mass is 355 g/mol. The second kappa shape index (κ2) is 7.58. The van der Waals surface area contributed by atoms with Crippen molar-refractivity contribution in [2.75, 3.05) is 7.11 Å². The maximum Gasteiger partial charge on any atom is 0.321 e. The Morgan fingerprint density at radius 3 is 2.08 bits per heavy atom. The van der Waals surface area contributed by atoms with Gasteiger partial charge in [0.15, 0.2) is 0 Å². The maximum absolute atomic E-state index is 13.0. The molecule has 26 heavy (non-hydrogen) atoms. The number of carbonyl (C=O) groups is 2. The van der Waals surface area contributed by atoms with Gasteiger partial charge in [-0.2, -0.15) is 0 Å². The van der Waals surface area contributed by atoms with Gasteiger partial charge in [-0.15, -0.1) is 0 Å². The van der Waals surface area contributed by atoms with Gasteiger partial charge in [0, 0.05) is 5.56 Å².